The van der Waals surface area contributed by atoms with Crippen LogP contribution in [-0.2, 0) is 4.79 Å². The lowest BCUT2D eigenvalue weighted by atomic mass is 10.2. The SMILES string of the molecule is CC(Nc1ccc(F)cc1)C(=O)Nc1ccc([N+](=O)[O-])cc1Cl. The molecule has 0 heterocycles. The van der Waals surface area contributed by atoms with Gasteiger partial charge in [-0.15, -0.1) is 0 Å². The van der Waals surface area contributed by atoms with E-state index in [2.05, 4.69) is 10.6 Å². The fourth-order valence-electron chi connectivity index (χ4n) is 1.82. The highest BCUT2D eigenvalue weighted by molar-refractivity contribution is 6.34. The van der Waals surface area contributed by atoms with Crippen molar-refractivity contribution < 1.29 is 14.1 Å². The van der Waals surface area contributed by atoms with E-state index in [0.29, 0.717) is 5.69 Å². The van der Waals surface area contributed by atoms with E-state index >= 15 is 0 Å². The van der Waals surface area contributed by atoms with Crippen LogP contribution in [0.2, 0.25) is 5.02 Å². The monoisotopic (exact) mass is 337 g/mol. The van der Waals surface area contributed by atoms with Crippen molar-refractivity contribution in [2.45, 2.75) is 13.0 Å². The molecule has 0 aliphatic heterocycles. The van der Waals surface area contributed by atoms with Gasteiger partial charge in [0.2, 0.25) is 5.91 Å². The Morgan fingerprint density at radius 2 is 1.91 bits per heavy atom. The second-order valence-corrected chi connectivity index (χ2v) is 5.19. The van der Waals surface area contributed by atoms with Crippen LogP contribution in [-0.4, -0.2) is 16.9 Å². The molecule has 8 heteroatoms. The normalized spacial score (nSPS) is 11.6. The summed E-state index contributed by atoms with van der Waals surface area (Å²) in [4.78, 5) is 22.2. The van der Waals surface area contributed by atoms with Gasteiger partial charge in [0.15, 0.2) is 0 Å². The summed E-state index contributed by atoms with van der Waals surface area (Å²) in [6.07, 6.45) is 0. The number of halogens is 2. The summed E-state index contributed by atoms with van der Waals surface area (Å²) in [6, 6.07) is 8.74. The summed E-state index contributed by atoms with van der Waals surface area (Å²) < 4.78 is 12.8. The predicted molar refractivity (Wildman–Crippen MR) is 86.2 cm³/mol. The predicted octanol–water partition coefficient (Wildman–Crippen LogP) is 3.83. The number of carbonyl (C=O) groups excluding carboxylic acids is 1. The van der Waals surface area contributed by atoms with Gasteiger partial charge >= 0.3 is 0 Å². The number of amides is 1. The van der Waals surface area contributed by atoms with Crippen LogP contribution in [0.3, 0.4) is 0 Å². The Hall–Kier alpha value is -2.67. The van der Waals surface area contributed by atoms with Gasteiger partial charge in [-0.2, -0.15) is 0 Å². The molecule has 6 nitrogen and oxygen atoms in total. The molecule has 0 saturated carbocycles. The highest BCUT2D eigenvalue weighted by atomic mass is 35.5. The van der Waals surface area contributed by atoms with E-state index in [1.54, 1.807) is 6.92 Å². The summed E-state index contributed by atoms with van der Waals surface area (Å²) >= 11 is 5.92. The fourth-order valence-corrected chi connectivity index (χ4v) is 2.04. The molecule has 120 valence electrons. The van der Waals surface area contributed by atoms with E-state index in [1.807, 2.05) is 0 Å². The second-order valence-electron chi connectivity index (χ2n) is 4.78. The highest BCUT2D eigenvalue weighted by Gasteiger charge is 2.16. The Kier molecular flexibility index (Phi) is 5.13. The smallest absolute Gasteiger partial charge is 0.271 e. The molecule has 0 fully saturated rings. The maximum atomic E-state index is 12.8. The van der Waals surface area contributed by atoms with Crippen molar-refractivity contribution in [2.24, 2.45) is 0 Å². The molecule has 23 heavy (non-hydrogen) atoms. The fraction of sp³-hybridized carbons (Fsp3) is 0.133. The van der Waals surface area contributed by atoms with Crippen LogP contribution < -0.4 is 10.6 Å². The van der Waals surface area contributed by atoms with Crippen LogP contribution in [0.1, 0.15) is 6.92 Å². The first-order valence-electron chi connectivity index (χ1n) is 6.63. The molecule has 0 aliphatic carbocycles. The molecular weight excluding hydrogens is 325 g/mol. The summed E-state index contributed by atoms with van der Waals surface area (Å²) in [5.41, 5.74) is 0.698. The number of carbonyl (C=O) groups is 1. The van der Waals surface area contributed by atoms with Crippen LogP contribution in [0, 0.1) is 15.9 Å². The van der Waals surface area contributed by atoms with E-state index < -0.39 is 11.0 Å². The summed E-state index contributed by atoms with van der Waals surface area (Å²) in [5.74, 6) is -0.754. The van der Waals surface area contributed by atoms with E-state index in [0.717, 1.165) is 6.07 Å². The molecule has 2 rings (SSSR count). The number of benzene rings is 2. The van der Waals surface area contributed by atoms with Gasteiger partial charge in [0.1, 0.15) is 11.9 Å². The van der Waals surface area contributed by atoms with Crippen molar-refractivity contribution in [1.29, 1.82) is 0 Å². The number of nitrogens with zero attached hydrogens (tertiary/aromatic N) is 1. The largest absolute Gasteiger partial charge is 0.374 e. The molecule has 2 aromatic carbocycles. The molecule has 2 aromatic rings. The van der Waals surface area contributed by atoms with Gasteiger partial charge in [0.05, 0.1) is 15.6 Å². The minimum Gasteiger partial charge on any atom is -0.374 e. The Bertz CT molecular complexity index is 737. The van der Waals surface area contributed by atoms with Crippen molar-refractivity contribution in [1.82, 2.24) is 0 Å². The van der Waals surface area contributed by atoms with Crippen LogP contribution in [0.5, 0.6) is 0 Å². The zero-order valence-electron chi connectivity index (χ0n) is 12.0. The van der Waals surface area contributed by atoms with Crippen LogP contribution >= 0.6 is 11.6 Å². The van der Waals surface area contributed by atoms with Crippen molar-refractivity contribution in [3.05, 3.63) is 63.4 Å². The number of nitrogens with one attached hydrogen (secondary N) is 2. The zero-order valence-corrected chi connectivity index (χ0v) is 12.8. The lowest BCUT2D eigenvalue weighted by Gasteiger charge is -2.15. The van der Waals surface area contributed by atoms with Crippen molar-refractivity contribution >= 4 is 34.6 Å². The van der Waals surface area contributed by atoms with Gasteiger partial charge in [0, 0.05) is 17.8 Å². The molecule has 1 amide bonds. The van der Waals surface area contributed by atoms with Crippen LogP contribution in [0.15, 0.2) is 42.5 Å². The number of hydrogen-bond donors (Lipinski definition) is 2. The van der Waals surface area contributed by atoms with Gasteiger partial charge in [-0.1, -0.05) is 11.6 Å². The molecule has 0 radical (unpaired) electrons. The van der Waals surface area contributed by atoms with E-state index in [4.69, 9.17) is 11.6 Å². The molecule has 0 saturated heterocycles. The number of hydrogen-bond acceptors (Lipinski definition) is 4. The van der Waals surface area contributed by atoms with Gasteiger partial charge in [0.25, 0.3) is 5.69 Å². The lowest BCUT2D eigenvalue weighted by Crippen LogP contribution is -2.31. The molecule has 0 bridgehead atoms. The number of rotatable bonds is 5. The van der Waals surface area contributed by atoms with Gasteiger partial charge in [-0.3, -0.25) is 14.9 Å². The zero-order chi connectivity index (χ0) is 17.0. The molecule has 1 unspecified atom stereocenters. The van der Waals surface area contributed by atoms with Gasteiger partial charge in [-0.25, -0.2) is 4.39 Å². The van der Waals surface area contributed by atoms with E-state index in [9.17, 15) is 19.3 Å². The first kappa shape index (κ1) is 16.7. The standard InChI is InChI=1S/C15H13ClFN3O3/c1-9(18-11-4-2-10(17)3-5-11)15(21)19-14-7-6-12(20(22)23)8-13(14)16/h2-9,18H,1H3,(H,19,21). The Morgan fingerprint density at radius 1 is 1.26 bits per heavy atom. The van der Waals surface area contributed by atoms with Crippen LogP contribution in [0.25, 0.3) is 0 Å². The molecule has 0 aromatic heterocycles. The quantitative estimate of drug-likeness (QED) is 0.641. The van der Waals surface area contributed by atoms with Crippen molar-refractivity contribution in [3.8, 4) is 0 Å². The minimum absolute atomic E-state index is 0.0709. The molecule has 0 aliphatic rings. The van der Waals surface area contributed by atoms with E-state index in [-0.39, 0.29) is 28.1 Å². The minimum atomic E-state index is -0.619. The molecule has 0 spiro atoms. The van der Waals surface area contributed by atoms with Crippen molar-refractivity contribution in [2.75, 3.05) is 10.6 Å². The summed E-state index contributed by atoms with van der Waals surface area (Å²) in [7, 11) is 0. The Balaban J connectivity index is 2.03. The van der Waals surface area contributed by atoms with Crippen LogP contribution in [0.4, 0.5) is 21.5 Å². The maximum absolute atomic E-state index is 12.8. The molecule has 2 N–H and O–H groups in total. The van der Waals surface area contributed by atoms with Gasteiger partial charge in [-0.05, 0) is 37.3 Å². The Morgan fingerprint density at radius 3 is 2.48 bits per heavy atom. The summed E-state index contributed by atoms with van der Waals surface area (Å²) in [6.45, 7) is 1.62. The van der Waals surface area contributed by atoms with E-state index in [1.165, 1.54) is 36.4 Å². The number of nitro groups is 1. The first-order valence-corrected chi connectivity index (χ1v) is 7.01. The second kappa shape index (κ2) is 7.06. The number of nitro benzene ring substituents is 1. The third kappa shape index (κ3) is 4.40. The topological polar surface area (TPSA) is 84.3 Å². The lowest BCUT2D eigenvalue weighted by molar-refractivity contribution is -0.384. The Labute approximate surface area is 136 Å². The number of non-ortho nitro benzene ring substituents is 1. The summed E-state index contributed by atoms with van der Waals surface area (Å²) in [5, 5.41) is 16.2. The first-order chi connectivity index (χ1) is 10.9. The highest BCUT2D eigenvalue weighted by Crippen LogP contribution is 2.26. The number of anilines is 2. The van der Waals surface area contributed by atoms with Gasteiger partial charge < -0.3 is 10.6 Å². The van der Waals surface area contributed by atoms with Crippen molar-refractivity contribution in [3.63, 3.8) is 0 Å². The molecular formula is C15H13ClFN3O3. The average Bonchev–Trinajstić information content (AvgIpc) is 2.51. The third-order valence-corrected chi connectivity index (χ3v) is 3.35. The average molecular weight is 338 g/mol. The third-order valence-electron chi connectivity index (χ3n) is 3.04. The molecule has 1 atom stereocenters. The maximum Gasteiger partial charge on any atom is 0.271 e.